The fourth-order valence-electron chi connectivity index (χ4n) is 6.01. The highest BCUT2D eigenvalue weighted by atomic mass is 16.4. The van der Waals surface area contributed by atoms with Gasteiger partial charge in [0.25, 0.3) is 11.8 Å². The van der Waals surface area contributed by atoms with Gasteiger partial charge in [-0.2, -0.15) is 0 Å². The van der Waals surface area contributed by atoms with E-state index in [4.69, 9.17) is 5.11 Å². The van der Waals surface area contributed by atoms with Crippen molar-refractivity contribution < 1.29 is 39.0 Å². The average molecular weight is 600 g/mol. The highest BCUT2D eigenvalue weighted by molar-refractivity contribution is 6.27. The van der Waals surface area contributed by atoms with E-state index in [9.17, 15) is 33.9 Å². The van der Waals surface area contributed by atoms with Crippen molar-refractivity contribution in [3.8, 4) is 0 Å². The molecular weight excluding hydrogens is 566 g/mol. The Bertz CT molecular complexity index is 1610. The molecule has 2 aliphatic heterocycles. The van der Waals surface area contributed by atoms with Crippen molar-refractivity contribution in [3.05, 3.63) is 77.4 Å². The van der Waals surface area contributed by atoms with Crippen molar-refractivity contribution in [2.75, 3.05) is 24.5 Å². The fourth-order valence-corrected chi connectivity index (χ4v) is 6.01. The Hall–Kier alpha value is -5.06. The van der Waals surface area contributed by atoms with Gasteiger partial charge in [0, 0.05) is 47.1 Å². The summed E-state index contributed by atoms with van der Waals surface area (Å²) in [6.07, 6.45) is 1.92. The van der Waals surface area contributed by atoms with Gasteiger partial charge in [-0.1, -0.05) is 42.5 Å². The van der Waals surface area contributed by atoms with E-state index in [1.54, 1.807) is 48.5 Å². The largest absolute Gasteiger partial charge is 0.481 e. The van der Waals surface area contributed by atoms with E-state index in [0.717, 1.165) is 48.3 Å². The van der Waals surface area contributed by atoms with E-state index in [-0.39, 0.29) is 6.42 Å². The third-order valence-electron chi connectivity index (χ3n) is 8.19. The number of imide groups is 1. The zero-order valence-electron chi connectivity index (χ0n) is 24.0. The van der Waals surface area contributed by atoms with Crippen LogP contribution in [0.5, 0.6) is 0 Å². The van der Waals surface area contributed by atoms with Crippen LogP contribution < -0.4 is 10.2 Å². The second-order valence-corrected chi connectivity index (χ2v) is 11.2. The number of piperidine rings is 1. The van der Waals surface area contributed by atoms with Crippen LogP contribution in [0.2, 0.25) is 0 Å². The molecule has 0 spiro atoms. The summed E-state index contributed by atoms with van der Waals surface area (Å²) >= 11 is 0. The summed E-state index contributed by atoms with van der Waals surface area (Å²) in [6, 6.07) is 16.3. The molecule has 44 heavy (non-hydrogen) atoms. The zero-order chi connectivity index (χ0) is 31.4. The Balaban J connectivity index is 1.37. The maximum atomic E-state index is 13.6. The number of carbonyl (C=O) groups excluding carboxylic acids is 4. The van der Waals surface area contributed by atoms with Crippen molar-refractivity contribution in [1.29, 1.82) is 0 Å². The van der Waals surface area contributed by atoms with Gasteiger partial charge in [-0.05, 0) is 49.4 Å². The first-order chi connectivity index (χ1) is 21.1. The number of carboxylic acids is 2. The number of nitrogens with zero attached hydrogens (tertiary/aromatic N) is 2. The number of Topliss-reactive ketones (excluding diaryl/α,β-unsaturated/α-hetero) is 1. The van der Waals surface area contributed by atoms with E-state index in [0.29, 0.717) is 22.1 Å². The molecule has 0 unspecified atom stereocenters. The Kier molecular flexibility index (Phi) is 9.03. The number of amides is 3. The molecule has 3 aromatic carbocycles. The molecule has 0 aromatic heterocycles. The molecule has 0 bridgehead atoms. The van der Waals surface area contributed by atoms with E-state index in [1.165, 1.54) is 0 Å². The molecule has 11 heteroatoms. The molecule has 228 valence electrons. The summed E-state index contributed by atoms with van der Waals surface area (Å²) < 4.78 is 0. The van der Waals surface area contributed by atoms with Crippen molar-refractivity contribution in [2.45, 2.75) is 44.6 Å². The molecule has 3 amide bonds. The van der Waals surface area contributed by atoms with Gasteiger partial charge >= 0.3 is 11.9 Å². The van der Waals surface area contributed by atoms with Gasteiger partial charge in [-0.3, -0.25) is 33.7 Å². The molecule has 5 rings (SSSR count). The van der Waals surface area contributed by atoms with Crippen LogP contribution in [0.15, 0.2) is 60.7 Å². The first-order valence-electron chi connectivity index (χ1n) is 14.6. The molecule has 0 aliphatic carbocycles. The third-order valence-corrected chi connectivity index (χ3v) is 8.19. The summed E-state index contributed by atoms with van der Waals surface area (Å²) in [5.74, 6) is -7.00. The van der Waals surface area contributed by atoms with Gasteiger partial charge in [0.1, 0.15) is 6.54 Å². The number of carboxylic acid groups (broad SMARTS) is 2. The van der Waals surface area contributed by atoms with Gasteiger partial charge in [-0.25, -0.2) is 0 Å². The summed E-state index contributed by atoms with van der Waals surface area (Å²) in [7, 11) is 0. The van der Waals surface area contributed by atoms with Gasteiger partial charge in [0.05, 0.1) is 18.4 Å². The molecule has 3 aromatic rings. The van der Waals surface area contributed by atoms with E-state index in [1.807, 2.05) is 12.1 Å². The van der Waals surface area contributed by atoms with Crippen molar-refractivity contribution in [2.24, 2.45) is 5.92 Å². The van der Waals surface area contributed by atoms with Crippen LogP contribution in [-0.4, -0.2) is 76.2 Å². The van der Waals surface area contributed by atoms with Crippen LogP contribution in [-0.2, 0) is 25.6 Å². The number of ketones is 1. The van der Waals surface area contributed by atoms with Crippen molar-refractivity contribution >= 4 is 51.9 Å². The monoisotopic (exact) mass is 599 g/mol. The minimum absolute atomic E-state index is 0.00807. The lowest BCUT2D eigenvalue weighted by molar-refractivity contribution is -0.149. The number of hydrogen-bond acceptors (Lipinski definition) is 7. The van der Waals surface area contributed by atoms with E-state index in [2.05, 4.69) is 10.2 Å². The highest BCUT2D eigenvalue weighted by Crippen LogP contribution is 2.36. The Morgan fingerprint density at radius 2 is 1.48 bits per heavy atom. The van der Waals surface area contributed by atoms with E-state index >= 15 is 0 Å². The van der Waals surface area contributed by atoms with Crippen molar-refractivity contribution in [3.63, 3.8) is 0 Å². The second kappa shape index (κ2) is 13.1. The van der Waals surface area contributed by atoms with Crippen LogP contribution in [0.25, 0.3) is 10.8 Å². The van der Waals surface area contributed by atoms with Crippen LogP contribution in [0.4, 0.5) is 5.69 Å². The van der Waals surface area contributed by atoms with Gasteiger partial charge in [0.15, 0.2) is 5.78 Å². The van der Waals surface area contributed by atoms with E-state index < -0.39 is 66.8 Å². The molecule has 0 saturated carbocycles. The summed E-state index contributed by atoms with van der Waals surface area (Å²) in [5, 5.41) is 22.5. The fraction of sp³-hybridized carbons (Fsp3) is 0.333. The highest BCUT2D eigenvalue weighted by Gasteiger charge is 2.36. The number of rotatable bonds is 12. The lowest BCUT2D eigenvalue weighted by atomic mass is 9.92. The number of carbonyl (C=O) groups is 6. The summed E-state index contributed by atoms with van der Waals surface area (Å²) in [5.41, 5.74) is 2.24. The minimum Gasteiger partial charge on any atom is -0.481 e. The molecule has 1 fully saturated rings. The van der Waals surface area contributed by atoms with Gasteiger partial charge < -0.3 is 20.4 Å². The lowest BCUT2D eigenvalue weighted by Gasteiger charge is -2.32. The average Bonchev–Trinajstić information content (AvgIpc) is 3.01. The molecule has 0 radical (unpaired) electrons. The molecular formula is C33H33N3O8. The number of nitrogens with one attached hydrogen (secondary N) is 1. The Morgan fingerprint density at radius 1 is 0.795 bits per heavy atom. The van der Waals surface area contributed by atoms with Crippen molar-refractivity contribution in [1.82, 2.24) is 10.2 Å². The number of aliphatic carboxylic acids is 2. The zero-order valence-corrected chi connectivity index (χ0v) is 24.0. The standard InChI is InChI=1S/C33H33N3O8/c37-27(17-21(33(43)44)18-29(39)40)25(16-20-8-3-1-4-9-20)34-28(38)19-36-31(41)23-11-7-10-22-26(35-14-5-2-6-15-35)13-12-24(30(22)23)32(36)42/h1,3-4,7-13,21,25H,2,5-6,14-19H2,(H,34,38)(H,39,40)(H,43,44)/t21-,25-/m0/s1. The molecule has 2 atom stereocenters. The molecule has 1 saturated heterocycles. The predicted molar refractivity (Wildman–Crippen MR) is 160 cm³/mol. The minimum atomic E-state index is -1.48. The number of benzene rings is 3. The molecule has 3 N–H and O–H groups in total. The predicted octanol–water partition coefficient (Wildman–Crippen LogP) is 3.29. The maximum absolute atomic E-state index is 13.6. The Morgan fingerprint density at radius 3 is 2.14 bits per heavy atom. The third kappa shape index (κ3) is 6.46. The van der Waals surface area contributed by atoms with Crippen LogP contribution in [0.3, 0.4) is 0 Å². The molecule has 2 heterocycles. The summed E-state index contributed by atoms with van der Waals surface area (Å²) in [6.45, 7) is 1.12. The van der Waals surface area contributed by atoms with Crippen LogP contribution in [0, 0.1) is 5.92 Å². The second-order valence-electron chi connectivity index (χ2n) is 11.2. The smallest absolute Gasteiger partial charge is 0.307 e. The first kappa shape index (κ1) is 30.4. The first-order valence-corrected chi connectivity index (χ1v) is 14.6. The van der Waals surface area contributed by atoms with Gasteiger partial charge in [-0.15, -0.1) is 0 Å². The van der Waals surface area contributed by atoms with Crippen LogP contribution >= 0.6 is 0 Å². The normalized spacial score (nSPS) is 16.0. The molecule has 11 nitrogen and oxygen atoms in total. The quantitative estimate of drug-likeness (QED) is 0.265. The van der Waals surface area contributed by atoms with Crippen LogP contribution in [0.1, 0.15) is 58.4 Å². The summed E-state index contributed by atoms with van der Waals surface area (Å²) in [4.78, 5) is 79.6. The lowest BCUT2D eigenvalue weighted by Crippen LogP contribution is -2.50. The molecule has 2 aliphatic rings. The Labute approximate surface area is 253 Å². The SMILES string of the molecule is O=C(O)C[C@H](CC(=O)[C@H](Cc1ccccc1)NC(=O)CN1C(=O)c2cccc3c(N4CCCCC4)ccc(c23)C1=O)C(=O)O. The number of hydrogen-bond donors (Lipinski definition) is 3. The maximum Gasteiger partial charge on any atom is 0.307 e. The topological polar surface area (TPSA) is 161 Å². The van der Waals surface area contributed by atoms with Gasteiger partial charge in [0.2, 0.25) is 5.91 Å². The number of anilines is 1.